The van der Waals surface area contributed by atoms with Gasteiger partial charge in [-0.1, -0.05) is 59.6 Å². The number of amides is 1. The SMILES string of the molecule is Cc1ccc(OCCOCCOc2c(Cl)cc(/C=C(\C#N)C(=O)NCc3ccccc3)cc2Cl)cc1C. The molecular formula is C29H28Cl2N2O4. The lowest BCUT2D eigenvalue weighted by Crippen LogP contribution is -2.23. The average molecular weight is 539 g/mol. The predicted molar refractivity (Wildman–Crippen MR) is 146 cm³/mol. The van der Waals surface area contributed by atoms with Crippen molar-refractivity contribution in [2.75, 3.05) is 26.4 Å². The third kappa shape index (κ3) is 8.83. The number of nitrogens with one attached hydrogen (secondary N) is 1. The third-order valence-electron chi connectivity index (χ3n) is 5.44. The molecule has 3 aromatic carbocycles. The van der Waals surface area contributed by atoms with Gasteiger partial charge in [0.1, 0.15) is 30.6 Å². The van der Waals surface area contributed by atoms with Gasteiger partial charge in [-0.2, -0.15) is 5.26 Å². The van der Waals surface area contributed by atoms with Crippen LogP contribution in [0.1, 0.15) is 22.3 Å². The number of aryl methyl sites for hydroxylation is 2. The second-order valence-corrected chi connectivity index (χ2v) is 9.02. The van der Waals surface area contributed by atoms with Crippen LogP contribution in [0.25, 0.3) is 6.08 Å². The summed E-state index contributed by atoms with van der Waals surface area (Å²) in [5, 5.41) is 12.7. The summed E-state index contributed by atoms with van der Waals surface area (Å²) in [6.07, 6.45) is 1.43. The van der Waals surface area contributed by atoms with Crippen molar-refractivity contribution in [1.82, 2.24) is 5.32 Å². The van der Waals surface area contributed by atoms with Gasteiger partial charge in [-0.25, -0.2) is 0 Å². The van der Waals surface area contributed by atoms with Crippen molar-refractivity contribution in [3.8, 4) is 17.6 Å². The first kappa shape index (κ1) is 28.1. The van der Waals surface area contributed by atoms with Gasteiger partial charge in [-0.3, -0.25) is 4.79 Å². The maximum atomic E-state index is 12.4. The highest BCUT2D eigenvalue weighted by atomic mass is 35.5. The molecule has 192 valence electrons. The van der Waals surface area contributed by atoms with E-state index in [1.807, 2.05) is 61.5 Å². The summed E-state index contributed by atoms with van der Waals surface area (Å²) in [5.41, 5.74) is 3.77. The number of hydrogen-bond acceptors (Lipinski definition) is 5. The van der Waals surface area contributed by atoms with Crippen LogP contribution >= 0.6 is 23.2 Å². The van der Waals surface area contributed by atoms with Gasteiger partial charge in [0.2, 0.25) is 0 Å². The molecule has 6 nitrogen and oxygen atoms in total. The van der Waals surface area contributed by atoms with Crippen molar-refractivity contribution in [1.29, 1.82) is 5.26 Å². The van der Waals surface area contributed by atoms with Gasteiger partial charge in [-0.05, 0) is 66.4 Å². The number of carbonyl (C=O) groups excluding carboxylic acids is 1. The lowest BCUT2D eigenvalue weighted by Gasteiger charge is -2.12. The van der Waals surface area contributed by atoms with E-state index >= 15 is 0 Å². The predicted octanol–water partition coefficient (Wildman–Crippen LogP) is 6.31. The van der Waals surface area contributed by atoms with E-state index in [1.54, 1.807) is 12.1 Å². The molecule has 0 spiro atoms. The van der Waals surface area contributed by atoms with Gasteiger partial charge in [0.15, 0.2) is 5.75 Å². The highest BCUT2D eigenvalue weighted by Crippen LogP contribution is 2.35. The van der Waals surface area contributed by atoms with Gasteiger partial charge < -0.3 is 19.5 Å². The van der Waals surface area contributed by atoms with E-state index in [0.29, 0.717) is 37.7 Å². The molecule has 1 amide bonds. The molecular weight excluding hydrogens is 511 g/mol. The molecule has 0 aromatic heterocycles. The van der Waals surface area contributed by atoms with Crippen molar-refractivity contribution in [2.45, 2.75) is 20.4 Å². The van der Waals surface area contributed by atoms with Crippen molar-refractivity contribution in [2.24, 2.45) is 0 Å². The molecule has 8 heteroatoms. The maximum absolute atomic E-state index is 12.4. The monoisotopic (exact) mass is 538 g/mol. The van der Waals surface area contributed by atoms with E-state index in [-0.39, 0.29) is 22.2 Å². The van der Waals surface area contributed by atoms with Crippen LogP contribution in [0.3, 0.4) is 0 Å². The number of carbonyl (C=O) groups is 1. The molecule has 1 N–H and O–H groups in total. The van der Waals surface area contributed by atoms with Crippen LogP contribution in [0.4, 0.5) is 0 Å². The van der Waals surface area contributed by atoms with Crippen LogP contribution in [0.15, 0.2) is 66.2 Å². The van der Waals surface area contributed by atoms with Crippen LogP contribution in [0.2, 0.25) is 10.0 Å². The van der Waals surface area contributed by atoms with E-state index < -0.39 is 5.91 Å². The lowest BCUT2D eigenvalue weighted by atomic mass is 10.1. The molecule has 0 fully saturated rings. The van der Waals surface area contributed by atoms with Crippen molar-refractivity contribution < 1.29 is 19.0 Å². The van der Waals surface area contributed by atoms with Crippen molar-refractivity contribution in [3.05, 3.63) is 98.5 Å². The standard InChI is InChI=1S/C29H28Cl2N2O4/c1-20-8-9-25(14-21(20)2)36-12-10-35-11-13-37-28-26(30)16-23(17-27(28)31)15-24(18-32)29(34)33-19-22-6-4-3-5-7-22/h3-9,14-17H,10-13,19H2,1-2H3,(H,33,34)/b24-15+. The number of ether oxygens (including phenoxy) is 3. The minimum atomic E-state index is -0.488. The smallest absolute Gasteiger partial charge is 0.262 e. The maximum Gasteiger partial charge on any atom is 0.262 e. The zero-order chi connectivity index (χ0) is 26.6. The Morgan fingerprint density at radius 2 is 1.59 bits per heavy atom. The summed E-state index contributed by atoms with van der Waals surface area (Å²) in [5.74, 6) is 0.629. The highest BCUT2D eigenvalue weighted by Gasteiger charge is 2.13. The fourth-order valence-corrected chi connectivity index (χ4v) is 3.93. The largest absolute Gasteiger partial charge is 0.491 e. The second kappa shape index (κ2) is 14.3. The summed E-state index contributed by atoms with van der Waals surface area (Å²) in [4.78, 5) is 12.4. The fraction of sp³-hybridized carbons (Fsp3) is 0.241. The van der Waals surface area contributed by atoms with Gasteiger partial charge in [0.05, 0.1) is 23.3 Å². The quantitative estimate of drug-likeness (QED) is 0.166. The normalized spacial score (nSPS) is 11.1. The molecule has 3 aromatic rings. The molecule has 0 bridgehead atoms. The topological polar surface area (TPSA) is 80.6 Å². The van der Waals surface area contributed by atoms with Crippen LogP contribution in [-0.4, -0.2) is 32.3 Å². The third-order valence-corrected chi connectivity index (χ3v) is 6.00. The molecule has 0 radical (unpaired) electrons. The Hall–Kier alpha value is -3.50. The second-order valence-electron chi connectivity index (χ2n) is 8.21. The Labute approximate surface area is 227 Å². The summed E-state index contributed by atoms with van der Waals surface area (Å²) < 4.78 is 16.9. The minimum absolute atomic E-state index is 0.0619. The van der Waals surface area contributed by atoms with Crippen LogP contribution in [-0.2, 0) is 16.1 Å². The summed E-state index contributed by atoms with van der Waals surface area (Å²) in [7, 11) is 0. The van der Waals surface area contributed by atoms with Gasteiger partial charge in [0.25, 0.3) is 5.91 Å². The summed E-state index contributed by atoms with van der Waals surface area (Å²) in [6, 6.07) is 20.5. The zero-order valence-corrected chi connectivity index (χ0v) is 22.2. The molecule has 3 rings (SSSR count). The molecule has 0 atom stereocenters. The van der Waals surface area contributed by atoms with Gasteiger partial charge in [0, 0.05) is 6.54 Å². The minimum Gasteiger partial charge on any atom is -0.491 e. The number of nitrogens with zero attached hydrogens (tertiary/aromatic N) is 1. The Balaban J connectivity index is 1.46. The van der Waals surface area contributed by atoms with Crippen molar-refractivity contribution in [3.63, 3.8) is 0 Å². The van der Waals surface area contributed by atoms with E-state index in [4.69, 9.17) is 37.4 Å². The zero-order valence-electron chi connectivity index (χ0n) is 20.7. The van der Waals surface area contributed by atoms with Crippen LogP contribution in [0.5, 0.6) is 11.5 Å². The first-order chi connectivity index (χ1) is 17.9. The molecule has 0 saturated carbocycles. The van der Waals surface area contributed by atoms with E-state index in [1.165, 1.54) is 17.2 Å². The summed E-state index contributed by atoms with van der Waals surface area (Å²) in [6.45, 7) is 5.81. The molecule has 0 aliphatic carbocycles. The number of rotatable bonds is 12. The fourth-order valence-electron chi connectivity index (χ4n) is 3.32. The molecule has 0 aliphatic rings. The molecule has 0 saturated heterocycles. The van der Waals surface area contributed by atoms with Gasteiger partial charge in [-0.15, -0.1) is 0 Å². The number of benzene rings is 3. The Bertz CT molecular complexity index is 1260. The number of nitriles is 1. The van der Waals surface area contributed by atoms with E-state index in [9.17, 15) is 10.1 Å². The molecule has 37 heavy (non-hydrogen) atoms. The average Bonchev–Trinajstić information content (AvgIpc) is 2.89. The van der Waals surface area contributed by atoms with Gasteiger partial charge >= 0.3 is 0 Å². The molecule has 0 unspecified atom stereocenters. The molecule has 0 aliphatic heterocycles. The molecule has 0 heterocycles. The first-order valence-corrected chi connectivity index (χ1v) is 12.5. The van der Waals surface area contributed by atoms with E-state index in [0.717, 1.165) is 11.3 Å². The Morgan fingerprint density at radius 1 is 0.919 bits per heavy atom. The van der Waals surface area contributed by atoms with Crippen molar-refractivity contribution >= 4 is 35.2 Å². The Morgan fingerprint density at radius 3 is 2.24 bits per heavy atom. The lowest BCUT2D eigenvalue weighted by molar-refractivity contribution is -0.117. The number of halogens is 2. The van der Waals surface area contributed by atoms with E-state index in [2.05, 4.69) is 12.2 Å². The summed E-state index contributed by atoms with van der Waals surface area (Å²) >= 11 is 12.7. The van der Waals surface area contributed by atoms with Crippen LogP contribution < -0.4 is 14.8 Å². The Kier molecular flexibility index (Phi) is 10.8. The number of hydrogen-bond donors (Lipinski definition) is 1. The van der Waals surface area contributed by atoms with Crippen LogP contribution in [0, 0.1) is 25.2 Å². The first-order valence-electron chi connectivity index (χ1n) is 11.7. The highest BCUT2D eigenvalue weighted by molar-refractivity contribution is 6.37.